The number of nitrogens with one attached hydrogen (secondary N) is 1. The Balaban J connectivity index is 2.88. The summed E-state index contributed by atoms with van der Waals surface area (Å²) < 4.78 is 0. The molecule has 0 spiro atoms. The van der Waals surface area contributed by atoms with Gasteiger partial charge in [0.1, 0.15) is 0 Å². The van der Waals surface area contributed by atoms with Gasteiger partial charge in [-0.05, 0) is 42.3 Å². The molecule has 1 N–H and O–H groups in total. The number of hydrogen-bond acceptors (Lipinski definition) is 2. The van der Waals surface area contributed by atoms with Crippen LogP contribution in [0.1, 0.15) is 63.4 Å². The van der Waals surface area contributed by atoms with Gasteiger partial charge in [0.2, 0.25) is 0 Å². The predicted octanol–water partition coefficient (Wildman–Crippen LogP) is 4.79. The van der Waals surface area contributed by atoms with Crippen molar-refractivity contribution < 1.29 is 0 Å². The lowest BCUT2D eigenvalue weighted by molar-refractivity contribution is 0.344. The minimum absolute atomic E-state index is 0.569. The quantitative estimate of drug-likeness (QED) is 0.702. The highest BCUT2D eigenvalue weighted by Crippen LogP contribution is 2.33. The minimum atomic E-state index is 0.569. The molecule has 17 heavy (non-hydrogen) atoms. The van der Waals surface area contributed by atoms with Gasteiger partial charge < -0.3 is 5.32 Å². The molecule has 0 aliphatic rings. The fraction of sp³-hybridized carbons (Fsp3) is 0.733. The van der Waals surface area contributed by atoms with Gasteiger partial charge in [0.05, 0.1) is 0 Å². The van der Waals surface area contributed by atoms with Gasteiger partial charge in [0.15, 0.2) is 0 Å². The largest absolute Gasteiger partial charge is 0.309 e. The summed E-state index contributed by atoms with van der Waals surface area (Å²) in [6, 6.07) is 2.86. The van der Waals surface area contributed by atoms with Crippen molar-refractivity contribution in [3.8, 4) is 0 Å². The molecule has 2 heteroatoms. The molecule has 1 rings (SSSR count). The molecule has 0 radical (unpaired) electrons. The molecule has 0 aliphatic carbocycles. The first-order chi connectivity index (χ1) is 8.28. The van der Waals surface area contributed by atoms with Crippen LogP contribution in [0.25, 0.3) is 0 Å². The van der Waals surface area contributed by atoms with Crippen LogP contribution in [0.15, 0.2) is 11.4 Å². The molecule has 1 aromatic rings. The van der Waals surface area contributed by atoms with E-state index >= 15 is 0 Å². The van der Waals surface area contributed by atoms with E-state index in [-0.39, 0.29) is 0 Å². The van der Waals surface area contributed by atoms with E-state index in [0.717, 1.165) is 18.9 Å². The Labute approximate surface area is 111 Å². The second-order valence-electron chi connectivity index (χ2n) is 4.67. The average Bonchev–Trinajstić information content (AvgIpc) is 2.82. The average molecular weight is 253 g/mol. The summed E-state index contributed by atoms with van der Waals surface area (Å²) in [5, 5.41) is 6.01. The Hall–Kier alpha value is -0.340. The second kappa shape index (κ2) is 7.88. The van der Waals surface area contributed by atoms with E-state index in [1.165, 1.54) is 24.8 Å². The third kappa shape index (κ3) is 3.82. The van der Waals surface area contributed by atoms with Crippen molar-refractivity contribution in [3.05, 3.63) is 21.9 Å². The van der Waals surface area contributed by atoms with Crippen LogP contribution in [-0.2, 0) is 6.42 Å². The third-order valence-electron chi connectivity index (χ3n) is 3.58. The molecule has 0 aliphatic heterocycles. The zero-order valence-corrected chi connectivity index (χ0v) is 12.6. The first-order valence-electron chi connectivity index (χ1n) is 7.07. The van der Waals surface area contributed by atoms with Crippen molar-refractivity contribution in [3.63, 3.8) is 0 Å². The number of thiophene rings is 1. The fourth-order valence-corrected chi connectivity index (χ4v) is 3.61. The summed E-state index contributed by atoms with van der Waals surface area (Å²) in [6.45, 7) is 10.3. The highest BCUT2D eigenvalue weighted by molar-refractivity contribution is 7.10. The summed E-state index contributed by atoms with van der Waals surface area (Å²) in [4.78, 5) is 1.58. The molecular formula is C15H27NS. The van der Waals surface area contributed by atoms with E-state index in [2.05, 4.69) is 44.5 Å². The zero-order chi connectivity index (χ0) is 12.7. The van der Waals surface area contributed by atoms with Crippen LogP contribution in [0, 0.1) is 5.92 Å². The van der Waals surface area contributed by atoms with Crippen molar-refractivity contribution in [2.45, 2.75) is 59.4 Å². The van der Waals surface area contributed by atoms with Crippen LogP contribution >= 0.6 is 11.3 Å². The summed E-state index contributed by atoms with van der Waals surface area (Å²) >= 11 is 1.93. The molecule has 0 saturated carbocycles. The topological polar surface area (TPSA) is 12.0 Å². The van der Waals surface area contributed by atoms with E-state index in [1.807, 2.05) is 11.3 Å². The lowest BCUT2D eigenvalue weighted by Gasteiger charge is -2.26. The van der Waals surface area contributed by atoms with E-state index in [4.69, 9.17) is 0 Å². The van der Waals surface area contributed by atoms with Gasteiger partial charge >= 0.3 is 0 Å². The van der Waals surface area contributed by atoms with Crippen molar-refractivity contribution in [2.24, 2.45) is 5.92 Å². The maximum atomic E-state index is 3.76. The minimum Gasteiger partial charge on any atom is -0.309 e. The SMILES string of the molecule is CCCNC(c1sccc1CC)C(CC)CC. The molecule has 1 heterocycles. The number of hydrogen-bond donors (Lipinski definition) is 1. The molecule has 1 unspecified atom stereocenters. The van der Waals surface area contributed by atoms with E-state index in [9.17, 15) is 0 Å². The second-order valence-corrected chi connectivity index (χ2v) is 5.62. The lowest BCUT2D eigenvalue weighted by Crippen LogP contribution is -2.28. The van der Waals surface area contributed by atoms with Gasteiger partial charge in [-0.1, -0.05) is 40.5 Å². The lowest BCUT2D eigenvalue weighted by atomic mass is 9.91. The Morgan fingerprint density at radius 2 is 1.88 bits per heavy atom. The monoisotopic (exact) mass is 253 g/mol. The summed E-state index contributed by atoms with van der Waals surface area (Å²) in [6.07, 6.45) is 4.89. The van der Waals surface area contributed by atoms with Gasteiger partial charge in [-0.2, -0.15) is 0 Å². The van der Waals surface area contributed by atoms with Crippen molar-refractivity contribution in [1.82, 2.24) is 5.32 Å². The first-order valence-corrected chi connectivity index (χ1v) is 7.95. The van der Waals surface area contributed by atoms with E-state index in [0.29, 0.717) is 6.04 Å². The molecular weight excluding hydrogens is 226 g/mol. The third-order valence-corrected chi connectivity index (χ3v) is 4.62. The highest BCUT2D eigenvalue weighted by Gasteiger charge is 2.22. The van der Waals surface area contributed by atoms with Crippen LogP contribution in [-0.4, -0.2) is 6.54 Å². The normalized spacial score (nSPS) is 13.2. The summed E-state index contributed by atoms with van der Waals surface area (Å²) in [5.41, 5.74) is 1.54. The Morgan fingerprint density at radius 1 is 1.18 bits per heavy atom. The Kier molecular flexibility index (Phi) is 6.83. The molecule has 0 bridgehead atoms. The van der Waals surface area contributed by atoms with Crippen molar-refractivity contribution in [2.75, 3.05) is 6.54 Å². The van der Waals surface area contributed by atoms with Crippen LogP contribution in [0.4, 0.5) is 0 Å². The first kappa shape index (κ1) is 14.7. The molecule has 0 amide bonds. The van der Waals surface area contributed by atoms with E-state index < -0.39 is 0 Å². The van der Waals surface area contributed by atoms with Gasteiger partial charge in [-0.15, -0.1) is 11.3 Å². The number of rotatable bonds is 8. The summed E-state index contributed by atoms with van der Waals surface area (Å²) in [7, 11) is 0. The van der Waals surface area contributed by atoms with Crippen molar-refractivity contribution >= 4 is 11.3 Å². The molecule has 0 fully saturated rings. The molecule has 0 saturated heterocycles. The smallest absolute Gasteiger partial charge is 0.0446 e. The van der Waals surface area contributed by atoms with Gasteiger partial charge in [0, 0.05) is 10.9 Å². The molecule has 1 aromatic heterocycles. The van der Waals surface area contributed by atoms with Crippen LogP contribution in [0.5, 0.6) is 0 Å². The zero-order valence-electron chi connectivity index (χ0n) is 11.8. The molecule has 98 valence electrons. The van der Waals surface area contributed by atoms with Crippen LogP contribution in [0.3, 0.4) is 0 Å². The summed E-state index contributed by atoms with van der Waals surface area (Å²) in [5.74, 6) is 0.769. The fourth-order valence-electron chi connectivity index (χ4n) is 2.45. The number of aryl methyl sites for hydroxylation is 1. The van der Waals surface area contributed by atoms with Gasteiger partial charge in [-0.25, -0.2) is 0 Å². The molecule has 1 atom stereocenters. The standard InChI is InChI=1S/C15H27NS/c1-5-10-16-14(12(6-2)7-3)15-13(8-4)9-11-17-15/h9,11-12,14,16H,5-8,10H2,1-4H3. The predicted molar refractivity (Wildman–Crippen MR) is 78.8 cm³/mol. The Morgan fingerprint density at radius 3 is 2.41 bits per heavy atom. The maximum Gasteiger partial charge on any atom is 0.0446 e. The highest BCUT2D eigenvalue weighted by atomic mass is 32.1. The Bertz CT molecular complexity index is 302. The molecule has 1 nitrogen and oxygen atoms in total. The van der Waals surface area contributed by atoms with E-state index in [1.54, 1.807) is 4.88 Å². The van der Waals surface area contributed by atoms with Crippen molar-refractivity contribution in [1.29, 1.82) is 0 Å². The van der Waals surface area contributed by atoms with Crippen LogP contribution < -0.4 is 5.32 Å². The maximum absolute atomic E-state index is 3.76. The van der Waals surface area contributed by atoms with Gasteiger partial charge in [0.25, 0.3) is 0 Å². The molecule has 0 aromatic carbocycles. The van der Waals surface area contributed by atoms with Crippen LogP contribution in [0.2, 0.25) is 0 Å². The van der Waals surface area contributed by atoms with Gasteiger partial charge in [-0.3, -0.25) is 0 Å².